The lowest BCUT2D eigenvalue weighted by Crippen LogP contribution is -2.10. The Bertz CT molecular complexity index is 382. The molecule has 102 valence electrons. The number of hydrogen-bond acceptors (Lipinski definition) is 3. The van der Waals surface area contributed by atoms with Crippen LogP contribution in [-0.2, 0) is 6.42 Å². The summed E-state index contributed by atoms with van der Waals surface area (Å²) >= 11 is -0.0718. The monoisotopic (exact) mass is 279 g/mol. The summed E-state index contributed by atoms with van der Waals surface area (Å²) in [5.74, 6) is 0.547. The van der Waals surface area contributed by atoms with Crippen LogP contribution in [0.3, 0.4) is 0 Å². The molecule has 1 aromatic rings. The van der Waals surface area contributed by atoms with E-state index in [1.54, 1.807) is 0 Å². The van der Waals surface area contributed by atoms with Crippen molar-refractivity contribution in [1.29, 1.82) is 0 Å². The number of para-hydroxylation sites is 1. The molecule has 0 fully saturated rings. The molecule has 1 rings (SSSR count). The van der Waals surface area contributed by atoms with Crippen molar-refractivity contribution < 1.29 is 17.9 Å². The van der Waals surface area contributed by atoms with Gasteiger partial charge in [-0.2, -0.15) is 13.2 Å². The first-order chi connectivity index (χ1) is 8.44. The molecule has 1 aromatic carbocycles. The van der Waals surface area contributed by atoms with Crippen molar-refractivity contribution in [2.24, 2.45) is 5.73 Å². The predicted octanol–water partition coefficient (Wildman–Crippen LogP) is 3.13. The second-order valence-electron chi connectivity index (χ2n) is 3.74. The second-order valence-corrected chi connectivity index (χ2v) is 4.90. The van der Waals surface area contributed by atoms with E-state index in [9.17, 15) is 13.2 Å². The zero-order valence-electron chi connectivity index (χ0n) is 10.1. The van der Waals surface area contributed by atoms with Crippen LogP contribution in [0.15, 0.2) is 18.2 Å². The van der Waals surface area contributed by atoms with E-state index in [2.05, 4.69) is 0 Å². The fraction of sp³-hybridized carbons (Fsp3) is 0.500. The highest BCUT2D eigenvalue weighted by Crippen LogP contribution is 2.30. The van der Waals surface area contributed by atoms with E-state index in [0.717, 1.165) is 11.1 Å². The van der Waals surface area contributed by atoms with Crippen LogP contribution in [-0.4, -0.2) is 24.4 Å². The molecule has 0 spiro atoms. The van der Waals surface area contributed by atoms with Crippen molar-refractivity contribution in [2.45, 2.75) is 18.9 Å². The Morgan fingerprint density at radius 3 is 2.67 bits per heavy atom. The summed E-state index contributed by atoms with van der Waals surface area (Å²) in [6, 6.07) is 5.63. The zero-order chi connectivity index (χ0) is 13.6. The van der Waals surface area contributed by atoms with Gasteiger partial charge in [-0.1, -0.05) is 18.2 Å². The average Bonchev–Trinajstić information content (AvgIpc) is 2.26. The van der Waals surface area contributed by atoms with Crippen molar-refractivity contribution in [2.75, 3.05) is 18.9 Å². The number of halogens is 3. The van der Waals surface area contributed by atoms with Gasteiger partial charge in [-0.25, -0.2) is 0 Å². The molecule has 0 radical (unpaired) electrons. The molecule has 0 saturated heterocycles. The van der Waals surface area contributed by atoms with E-state index >= 15 is 0 Å². The molecule has 0 aliphatic heterocycles. The minimum Gasteiger partial charge on any atom is -0.492 e. The number of hydrogen-bond donors (Lipinski definition) is 1. The molecule has 0 saturated carbocycles. The van der Waals surface area contributed by atoms with Gasteiger partial charge in [0.15, 0.2) is 0 Å². The topological polar surface area (TPSA) is 35.2 Å². The highest BCUT2D eigenvalue weighted by atomic mass is 32.2. The van der Waals surface area contributed by atoms with Gasteiger partial charge < -0.3 is 10.5 Å². The van der Waals surface area contributed by atoms with Crippen LogP contribution in [0.1, 0.15) is 11.1 Å². The lowest BCUT2D eigenvalue weighted by molar-refractivity contribution is -0.0329. The maximum atomic E-state index is 12.0. The molecule has 0 atom stereocenters. The minimum atomic E-state index is -4.20. The highest BCUT2D eigenvalue weighted by Gasteiger charge is 2.27. The molecular weight excluding hydrogens is 263 g/mol. The van der Waals surface area contributed by atoms with Gasteiger partial charge in [0.25, 0.3) is 0 Å². The Morgan fingerprint density at radius 1 is 1.33 bits per heavy atom. The minimum absolute atomic E-state index is 0.0343. The van der Waals surface area contributed by atoms with Crippen molar-refractivity contribution in [1.82, 2.24) is 0 Å². The largest absolute Gasteiger partial charge is 0.492 e. The van der Waals surface area contributed by atoms with E-state index in [4.69, 9.17) is 10.5 Å². The van der Waals surface area contributed by atoms with Crippen molar-refractivity contribution in [3.8, 4) is 5.75 Å². The summed E-state index contributed by atoms with van der Waals surface area (Å²) < 4.78 is 41.3. The zero-order valence-corrected chi connectivity index (χ0v) is 10.9. The van der Waals surface area contributed by atoms with E-state index < -0.39 is 5.51 Å². The first kappa shape index (κ1) is 15.2. The SMILES string of the molecule is Cc1cccc(CCN)c1OCCSC(F)(F)F. The van der Waals surface area contributed by atoms with E-state index in [1.807, 2.05) is 25.1 Å². The molecule has 6 heteroatoms. The standard InChI is InChI=1S/C12H16F3NOS/c1-9-3-2-4-10(5-6-16)11(9)17-7-8-18-12(13,14)15/h2-4H,5-8,16H2,1H3. The van der Waals surface area contributed by atoms with E-state index in [0.29, 0.717) is 18.7 Å². The van der Waals surface area contributed by atoms with Gasteiger partial charge in [0, 0.05) is 5.75 Å². The first-order valence-corrected chi connectivity index (χ1v) is 6.54. The van der Waals surface area contributed by atoms with E-state index in [1.165, 1.54) is 0 Å². The third-order valence-electron chi connectivity index (χ3n) is 2.30. The molecule has 0 aromatic heterocycles. The fourth-order valence-corrected chi connectivity index (χ4v) is 1.97. The normalized spacial score (nSPS) is 11.6. The number of thioether (sulfide) groups is 1. The summed E-state index contributed by atoms with van der Waals surface area (Å²) in [6.07, 6.45) is 0.656. The Hall–Kier alpha value is -0.880. The number of alkyl halides is 3. The number of ether oxygens (including phenoxy) is 1. The maximum Gasteiger partial charge on any atom is 0.441 e. The van der Waals surface area contributed by atoms with Gasteiger partial charge in [-0.05, 0) is 42.8 Å². The summed E-state index contributed by atoms with van der Waals surface area (Å²) in [7, 11) is 0. The van der Waals surface area contributed by atoms with Gasteiger partial charge >= 0.3 is 5.51 Å². The molecule has 0 unspecified atom stereocenters. The smallest absolute Gasteiger partial charge is 0.441 e. The molecular formula is C12H16F3NOS. The molecule has 0 amide bonds. The lowest BCUT2D eigenvalue weighted by Gasteiger charge is -2.14. The van der Waals surface area contributed by atoms with Gasteiger partial charge in [0.2, 0.25) is 0 Å². The molecule has 0 aliphatic carbocycles. The molecule has 18 heavy (non-hydrogen) atoms. The Balaban J connectivity index is 2.55. The Morgan fingerprint density at radius 2 is 2.06 bits per heavy atom. The van der Waals surface area contributed by atoms with Crippen LogP contribution in [0.5, 0.6) is 5.75 Å². The van der Waals surface area contributed by atoms with Crippen LogP contribution in [0.2, 0.25) is 0 Å². The summed E-state index contributed by atoms with van der Waals surface area (Å²) in [5, 5.41) is 0. The van der Waals surface area contributed by atoms with Gasteiger partial charge in [0.05, 0.1) is 6.61 Å². The van der Waals surface area contributed by atoms with Crippen molar-refractivity contribution in [3.05, 3.63) is 29.3 Å². The first-order valence-electron chi connectivity index (χ1n) is 5.56. The second kappa shape index (κ2) is 6.89. The third-order valence-corrected chi connectivity index (χ3v) is 3.00. The van der Waals surface area contributed by atoms with Crippen LogP contribution >= 0.6 is 11.8 Å². The summed E-state index contributed by atoms with van der Waals surface area (Å²) in [6.45, 7) is 2.38. The molecule has 2 nitrogen and oxygen atoms in total. The highest BCUT2D eigenvalue weighted by molar-refractivity contribution is 8.00. The van der Waals surface area contributed by atoms with Gasteiger partial charge in [0.1, 0.15) is 5.75 Å². The predicted molar refractivity (Wildman–Crippen MR) is 67.9 cm³/mol. The van der Waals surface area contributed by atoms with Crippen LogP contribution in [0.4, 0.5) is 13.2 Å². The number of aryl methyl sites for hydroxylation is 1. The molecule has 2 N–H and O–H groups in total. The average molecular weight is 279 g/mol. The third kappa shape index (κ3) is 5.18. The van der Waals surface area contributed by atoms with Crippen LogP contribution < -0.4 is 10.5 Å². The number of rotatable bonds is 6. The van der Waals surface area contributed by atoms with Crippen molar-refractivity contribution >= 4 is 11.8 Å². The maximum absolute atomic E-state index is 12.0. The van der Waals surface area contributed by atoms with Gasteiger partial charge in [-0.15, -0.1) is 0 Å². The number of nitrogens with two attached hydrogens (primary N) is 1. The Labute approximate surface area is 109 Å². The Kier molecular flexibility index (Phi) is 5.81. The quantitative estimate of drug-likeness (QED) is 0.813. The van der Waals surface area contributed by atoms with Crippen molar-refractivity contribution in [3.63, 3.8) is 0 Å². The number of benzene rings is 1. The van der Waals surface area contributed by atoms with Crippen LogP contribution in [0.25, 0.3) is 0 Å². The summed E-state index contributed by atoms with van der Waals surface area (Å²) in [4.78, 5) is 0. The van der Waals surface area contributed by atoms with Crippen LogP contribution in [0, 0.1) is 6.92 Å². The lowest BCUT2D eigenvalue weighted by atomic mass is 10.1. The fourth-order valence-electron chi connectivity index (χ4n) is 1.57. The van der Waals surface area contributed by atoms with E-state index in [-0.39, 0.29) is 24.1 Å². The van der Waals surface area contributed by atoms with Gasteiger partial charge in [-0.3, -0.25) is 0 Å². The molecule has 0 heterocycles. The molecule has 0 aliphatic rings. The molecule has 0 bridgehead atoms. The summed E-state index contributed by atoms with van der Waals surface area (Å²) in [5.41, 5.74) is 3.14.